The molecule has 0 aliphatic heterocycles. The molecule has 2 N–H and O–H groups in total. The van der Waals surface area contributed by atoms with Crippen molar-refractivity contribution >= 4 is 24.2 Å². The van der Waals surface area contributed by atoms with E-state index in [1.54, 1.807) is 11.8 Å². The lowest BCUT2D eigenvalue weighted by molar-refractivity contribution is 1.34. The maximum absolute atomic E-state index is 5.39. The first-order valence-corrected chi connectivity index (χ1v) is 4.25. The number of nitrogens with zero attached hydrogens (tertiary/aromatic N) is 1. The number of nitrogens with two attached hydrogens (primary N) is 1. The van der Waals surface area contributed by atoms with E-state index in [1.165, 1.54) is 0 Å². The van der Waals surface area contributed by atoms with Crippen LogP contribution in [0.15, 0.2) is 34.2 Å². The van der Waals surface area contributed by atoms with E-state index in [-0.39, 0.29) is 0 Å². The first-order chi connectivity index (χ1) is 5.38. The predicted octanol–water partition coefficient (Wildman–Crippen LogP) is 2.03. The summed E-state index contributed by atoms with van der Waals surface area (Å²) in [5.41, 5.74) is 6.29. The Labute approximate surface area is 70.5 Å². The van der Waals surface area contributed by atoms with Crippen molar-refractivity contribution in [2.24, 2.45) is 10.7 Å². The van der Waals surface area contributed by atoms with Crippen LogP contribution in [0.1, 0.15) is 0 Å². The molecule has 0 atom stereocenters. The van der Waals surface area contributed by atoms with Gasteiger partial charge in [0.15, 0.2) is 0 Å². The van der Waals surface area contributed by atoms with Crippen molar-refractivity contribution in [3.63, 3.8) is 0 Å². The fourth-order valence-electron chi connectivity index (χ4n) is 0.800. The Morgan fingerprint density at radius 1 is 1.45 bits per heavy atom. The number of hydrogen-bond donors (Lipinski definition) is 1. The molecule has 58 valence electrons. The minimum Gasteiger partial charge on any atom is -0.322 e. The lowest BCUT2D eigenvalue weighted by atomic mass is 10.3. The summed E-state index contributed by atoms with van der Waals surface area (Å²) in [7, 11) is 0. The fraction of sp³-hybridized carbons (Fsp3) is 0.125. The molecule has 0 radical (unpaired) electrons. The Hall–Kier alpha value is -0.800. The second kappa shape index (κ2) is 4.16. The molecule has 0 spiro atoms. The molecule has 0 aliphatic carbocycles. The number of aliphatic imine (C=N–C) groups is 1. The van der Waals surface area contributed by atoms with Crippen LogP contribution >= 0.6 is 11.8 Å². The van der Waals surface area contributed by atoms with Gasteiger partial charge in [-0.25, -0.2) is 0 Å². The van der Waals surface area contributed by atoms with Crippen molar-refractivity contribution in [1.29, 1.82) is 0 Å². The lowest BCUT2D eigenvalue weighted by Crippen LogP contribution is -1.91. The van der Waals surface area contributed by atoms with E-state index in [2.05, 4.69) is 11.7 Å². The summed E-state index contributed by atoms with van der Waals surface area (Å²) in [5.74, 6) is 0.576. The van der Waals surface area contributed by atoms with E-state index in [9.17, 15) is 0 Å². The standard InChI is InChI=1S/C8H10N2S/c1-10-7-4-2-3-5-8(7)11-6-9/h2-5H,1,6,9H2. The number of benzene rings is 1. The van der Waals surface area contributed by atoms with Crippen molar-refractivity contribution in [3.8, 4) is 0 Å². The summed E-state index contributed by atoms with van der Waals surface area (Å²) in [4.78, 5) is 4.95. The third kappa shape index (κ3) is 2.06. The molecule has 0 bridgehead atoms. The van der Waals surface area contributed by atoms with Crippen molar-refractivity contribution in [2.45, 2.75) is 4.90 Å². The van der Waals surface area contributed by atoms with Gasteiger partial charge in [0.1, 0.15) is 0 Å². The molecular formula is C8H10N2S. The van der Waals surface area contributed by atoms with Gasteiger partial charge < -0.3 is 5.73 Å². The Morgan fingerprint density at radius 3 is 2.82 bits per heavy atom. The van der Waals surface area contributed by atoms with Gasteiger partial charge in [-0.1, -0.05) is 12.1 Å². The fourth-order valence-corrected chi connectivity index (χ4v) is 1.43. The van der Waals surface area contributed by atoms with Gasteiger partial charge in [-0.3, -0.25) is 4.99 Å². The molecule has 0 unspecified atom stereocenters. The normalized spacial score (nSPS) is 9.55. The highest BCUT2D eigenvalue weighted by Crippen LogP contribution is 2.27. The van der Waals surface area contributed by atoms with Gasteiger partial charge in [0.2, 0.25) is 0 Å². The average Bonchev–Trinajstić information content (AvgIpc) is 2.06. The maximum Gasteiger partial charge on any atom is 0.0758 e. The number of para-hydroxylation sites is 1. The smallest absolute Gasteiger partial charge is 0.0758 e. The molecule has 11 heavy (non-hydrogen) atoms. The minimum absolute atomic E-state index is 0.576. The zero-order chi connectivity index (χ0) is 8.10. The maximum atomic E-state index is 5.39. The zero-order valence-electron chi connectivity index (χ0n) is 6.16. The van der Waals surface area contributed by atoms with Crippen molar-refractivity contribution in [3.05, 3.63) is 24.3 Å². The van der Waals surface area contributed by atoms with Crippen LogP contribution < -0.4 is 5.73 Å². The van der Waals surface area contributed by atoms with Crippen molar-refractivity contribution in [2.75, 3.05) is 5.88 Å². The molecule has 0 aliphatic rings. The van der Waals surface area contributed by atoms with Gasteiger partial charge in [0.25, 0.3) is 0 Å². The van der Waals surface area contributed by atoms with Crippen molar-refractivity contribution < 1.29 is 0 Å². The van der Waals surface area contributed by atoms with Crippen LogP contribution in [0.4, 0.5) is 5.69 Å². The molecule has 2 nitrogen and oxygen atoms in total. The largest absolute Gasteiger partial charge is 0.322 e. The third-order valence-corrected chi connectivity index (χ3v) is 2.10. The van der Waals surface area contributed by atoms with Crippen LogP contribution in [0.5, 0.6) is 0 Å². The molecule has 1 aromatic rings. The van der Waals surface area contributed by atoms with Gasteiger partial charge in [-0.05, 0) is 18.9 Å². The summed E-state index contributed by atoms with van der Waals surface area (Å²) in [6.45, 7) is 3.47. The zero-order valence-corrected chi connectivity index (χ0v) is 6.97. The predicted molar refractivity (Wildman–Crippen MR) is 50.6 cm³/mol. The van der Waals surface area contributed by atoms with Crippen LogP contribution in [0.25, 0.3) is 0 Å². The Morgan fingerprint density at radius 2 is 2.18 bits per heavy atom. The monoisotopic (exact) mass is 166 g/mol. The number of rotatable bonds is 3. The topological polar surface area (TPSA) is 38.4 Å². The molecule has 1 rings (SSSR count). The number of thioether (sulfide) groups is 1. The highest BCUT2D eigenvalue weighted by molar-refractivity contribution is 7.99. The summed E-state index contributed by atoms with van der Waals surface area (Å²) < 4.78 is 0. The highest BCUT2D eigenvalue weighted by Gasteiger charge is 1.96. The van der Waals surface area contributed by atoms with E-state index < -0.39 is 0 Å². The van der Waals surface area contributed by atoms with E-state index in [1.807, 2.05) is 24.3 Å². The van der Waals surface area contributed by atoms with E-state index in [4.69, 9.17) is 5.73 Å². The molecule has 0 heterocycles. The summed E-state index contributed by atoms with van der Waals surface area (Å²) in [5, 5.41) is 0. The van der Waals surface area contributed by atoms with Crippen LogP contribution in [0.2, 0.25) is 0 Å². The minimum atomic E-state index is 0.576. The highest BCUT2D eigenvalue weighted by atomic mass is 32.2. The summed E-state index contributed by atoms with van der Waals surface area (Å²) >= 11 is 1.57. The van der Waals surface area contributed by atoms with Gasteiger partial charge in [-0.15, -0.1) is 11.8 Å². The van der Waals surface area contributed by atoms with E-state index in [0.717, 1.165) is 10.6 Å². The second-order valence-electron chi connectivity index (χ2n) is 1.94. The second-order valence-corrected chi connectivity index (χ2v) is 3.00. The lowest BCUT2D eigenvalue weighted by Gasteiger charge is -2.00. The average molecular weight is 166 g/mol. The quantitative estimate of drug-likeness (QED) is 0.424. The first kappa shape index (κ1) is 8.30. The molecule has 0 amide bonds. The molecule has 3 heteroatoms. The van der Waals surface area contributed by atoms with Crippen LogP contribution in [-0.2, 0) is 0 Å². The van der Waals surface area contributed by atoms with Gasteiger partial charge in [0, 0.05) is 10.8 Å². The Balaban J connectivity index is 2.92. The van der Waals surface area contributed by atoms with Crippen molar-refractivity contribution in [1.82, 2.24) is 0 Å². The molecule has 1 aromatic carbocycles. The van der Waals surface area contributed by atoms with Crippen LogP contribution in [-0.4, -0.2) is 12.6 Å². The van der Waals surface area contributed by atoms with Gasteiger partial charge >= 0.3 is 0 Å². The van der Waals surface area contributed by atoms with E-state index in [0.29, 0.717) is 5.88 Å². The summed E-state index contributed by atoms with van der Waals surface area (Å²) in [6.07, 6.45) is 0. The Bertz CT molecular complexity index is 248. The molecule has 0 aromatic heterocycles. The van der Waals surface area contributed by atoms with Gasteiger partial charge in [-0.2, -0.15) is 0 Å². The molecule has 0 fully saturated rings. The van der Waals surface area contributed by atoms with Crippen LogP contribution in [0, 0.1) is 0 Å². The third-order valence-electron chi connectivity index (χ3n) is 1.27. The Kier molecular flexibility index (Phi) is 3.14. The number of hydrogen-bond acceptors (Lipinski definition) is 3. The molecule has 0 saturated carbocycles. The first-order valence-electron chi connectivity index (χ1n) is 3.27. The van der Waals surface area contributed by atoms with E-state index >= 15 is 0 Å². The summed E-state index contributed by atoms with van der Waals surface area (Å²) in [6, 6.07) is 7.81. The van der Waals surface area contributed by atoms with Crippen LogP contribution in [0.3, 0.4) is 0 Å². The van der Waals surface area contributed by atoms with Gasteiger partial charge in [0.05, 0.1) is 5.69 Å². The SMILES string of the molecule is C=Nc1ccccc1SCN. The molecule has 0 saturated heterocycles. The molecular weight excluding hydrogens is 156 g/mol.